The molecule has 3 rings (SSSR count). The highest BCUT2D eigenvalue weighted by Crippen LogP contribution is 2.37. The van der Waals surface area contributed by atoms with Gasteiger partial charge in [-0.05, 0) is 56.2 Å². The molecule has 1 aromatic carbocycles. The fourth-order valence-corrected chi connectivity index (χ4v) is 3.27. The first kappa shape index (κ1) is 14.8. The zero-order chi connectivity index (χ0) is 15.4. The standard InChI is InChI=1S/C19H21NO2/c1-2-22-19(21)13-14-7-9-15(10-8-14)16-11-12-20-18-6-4-3-5-17(16)18/h3-6,11-13,15H,2,7-10H2,1H3. The second-order valence-electron chi connectivity index (χ2n) is 5.75. The number of allylic oxidation sites excluding steroid dienone is 1. The van der Waals surface area contributed by atoms with Crippen LogP contribution in [0.15, 0.2) is 48.2 Å². The molecule has 0 saturated heterocycles. The fraction of sp³-hybridized carbons (Fsp3) is 0.368. The maximum atomic E-state index is 11.5. The third-order valence-electron chi connectivity index (χ3n) is 4.36. The average Bonchev–Trinajstić information content (AvgIpc) is 2.55. The van der Waals surface area contributed by atoms with Crippen molar-refractivity contribution in [1.82, 2.24) is 4.98 Å². The van der Waals surface area contributed by atoms with Gasteiger partial charge in [0.05, 0.1) is 12.1 Å². The van der Waals surface area contributed by atoms with Gasteiger partial charge in [0.1, 0.15) is 0 Å². The molecule has 2 aromatic rings. The van der Waals surface area contributed by atoms with Gasteiger partial charge in [-0.15, -0.1) is 0 Å². The number of hydrogen-bond donors (Lipinski definition) is 0. The van der Waals surface area contributed by atoms with Crippen molar-refractivity contribution >= 4 is 16.9 Å². The molecule has 0 bridgehead atoms. The number of fused-ring (bicyclic) bond motifs is 1. The summed E-state index contributed by atoms with van der Waals surface area (Å²) in [6, 6.07) is 10.5. The molecule has 0 atom stereocenters. The summed E-state index contributed by atoms with van der Waals surface area (Å²) in [7, 11) is 0. The van der Waals surface area contributed by atoms with Gasteiger partial charge in [-0.3, -0.25) is 4.98 Å². The average molecular weight is 295 g/mol. The Kier molecular flexibility index (Phi) is 4.52. The summed E-state index contributed by atoms with van der Waals surface area (Å²) in [5.41, 5.74) is 3.67. The normalized spacial score (nSPS) is 18.2. The Balaban J connectivity index is 1.75. The summed E-state index contributed by atoms with van der Waals surface area (Å²) in [5, 5.41) is 1.26. The summed E-state index contributed by atoms with van der Waals surface area (Å²) in [6.07, 6.45) is 7.70. The van der Waals surface area contributed by atoms with E-state index in [4.69, 9.17) is 4.74 Å². The Morgan fingerprint density at radius 2 is 2.05 bits per heavy atom. The van der Waals surface area contributed by atoms with Crippen molar-refractivity contribution in [3.05, 3.63) is 53.7 Å². The summed E-state index contributed by atoms with van der Waals surface area (Å²) >= 11 is 0. The van der Waals surface area contributed by atoms with E-state index in [-0.39, 0.29) is 5.97 Å². The molecule has 0 unspecified atom stereocenters. The Morgan fingerprint density at radius 1 is 1.27 bits per heavy atom. The van der Waals surface area contributed by atoms with Gasteiger partial charge in [-0.25, -0.2) is 4.79 Å². The molecule has 1 aromatic heterocycles. The number of aromatic nitrogens is 1. The molecule has 0 spiro atoms. The Morgan fingerprint density at radius 3 is 2.82 bits per heavy atom. The molecule has 0 aliphatic heterocycles. The number of esters is 1. The molecule has 0 N–H and O–H groups in total. The summed E-state index contributed by atoms with van der Waals surface area (Å²) < 4.78 is 4.99. The van der Waals surface area contributed by atoms with Gasteiger partial charge in [-0.1, -0.05) is 23.8 Å². The van der Waals surface area contributed by atoms with Gasteiger partial charge in [0.25, 0.3) is 0 Å². The highest BCUT2D eigenvalue weighted by molar-refractivity contribution is 5.83. The van der Waals surface area contributed by atoms with Crippen molar-refractivity contribution < 1.29 is 9.53 Å². The number of carbonyl (C=O) groups excluding carboxylic acids is 1. The molecule has 1 heterocycles. The number of hydrogen-bond acceptors (Lipinski definition) is 3. The van der Waals surface area contributed by atoms with Crippen LogP contribution in [-0.4, -0.2) is 17.6 Å². The van der Waals surface area contributed by atoms with E-state index in [1.807, 2.05) is 19.2 Å². The molecular formula is C19H21NO2. The Bertz CT molecular complexity index is 690. The minimum absolute atomic E-state index is 0.203. The zero-order valence-electron chi connectivity index (χ0n) is 12.9. The van der Waals surface area contributed by atoms with E-state index >= 15 is 0 Å². The third-order valence-corrected chi connectivity index (χ3v) is 4.36. The van der Waals surface area contributed by atoms with E-state index in [0.29, 0.717) is 12.5 Å². The highest BCUT2D eigenvalue weighted by Gasteiger charge is 2.20. The van der Waals surface area contributed by atoms with Crippen LogP contribution in [-0.2, 0) is 9.53 Å². The second kappa shape index (κ2) is 6.73. The van der Waals surface area contributed by atoms with Crippen LogP contribution in [0.25, 0.3) is 10.9 Å². The number of ether oxygens (including phenoxy) is 1. The van der Waals surface area contributed by atoms with E-state index in [9.17, 15) is 4.79 Å². The molecule has 114 valence electrons. The van der Waals surface area contributed by atoms with Crippen LogP contribution in [0, 0.1) is 0 Å². The largest absolute Gasteiger partial charge is 0.463 e. The smallest absolute Gasteiger partial charge is 0.330 e. The molecule has 1 saturated carbocycles. The van der Waals surface area contributed by atoms with Crippen molar-refractivity contribution in [3.8, 4) is 0 Å². The van der Waals surface area contributed by atoms with Crippen molar-refractivity contribution in [2.24, 2.45) is 0 Å². The number of pyridine rings is 1. The van der Waals surface area contributed by atoms with E-state index in [2.05, 4.69) is 29.2 Å². The third kappa shape index (κ3) is 3.19. The predicted molar refractivity (Wildman–Crippen MR) is 87.7 cm³/mol. The first-order valence-electron chi connectivity index (χ1n) is 7.97. The van der Waals surface area contributed by atoms with Crippen molar-refractivity contribution in [1.29, 1.82) is 0 Å². The van der Waals surface area contributed by atoms with Crippen molar-refractivity contribution in [3.63, 3.8) is 0 Å². The predicted octanol–water partition coefficient (Wildman–Crippen LogP) is 4.38. The molecule has 0 radical (unpaired) electrons. The van der Waals surface area contributed by atoms with Crippen LogP contribution in [0.3, 0.4) is 0 Å². The minimum Gasteiger partial charge on any atom is -0.463 e. The first-order valence-corrected chi connectivity index (χ1v) is 7.97. The second-order valence-corrected chi connectivity index (χ2v) is 5.75. The lowest BCUT2D eigenvalue weighted by Gasteiger charge is -2.25. The van der Waals surface area contributed by atoms with Crippen molar-refractivity contribution in [2.45, 2.75) is 38.5 Å². The number of nitrogens with zero attached hydrogens (tertiary/aromatic N) is 1. The number of benzene rings is 1. The molecule has 3 heteroatoms. The van der Waals surface area contributed by atoms with Crippen molar-refractivity contribution in [2.75, 3.05) is 6.61 Å². The van der Waals surface area contributed by atoms with Gasteiger partial charge in [0.15, 0.2) is 0 Å². The zero-order valence-corrected chi connectivity index (χ0v) is 12.9. The van der Waals surface area contributed by atoms with Crippen LogP contribution in [0.5, 0.6) is 0 Å². The van der Waals surface area contributed by atoms with Crippen LogP contribution in [0.2, 0.25) is 0 Å². The minimum atomic E-state index is -0.203. The van der Waals surface area contributed by atoms with E-state index in [1.54, 1.807) is 6.08 Å². The Labute approximate surface area is 131 Å². The lowest BCUT2D eigenvalue weighted by molar-refractivity contribution is -0.137. The number of carbonyl (C=O) groups is 1. The molecule has 1 aliphatic carbocycles. The molecule has 1 aliphatic rings. The Hall–Kier alpha value is -2.16. The van der Waals surface area contributed by atoms with E-state index in [0.717, 1.165) is 31.2 Å². The van der Waals surface area contributed by atoms with E-state index in [1.165, 1.54) is 16.5 Å². The molecule has 3 nitrogen and oxygen atoms in total. The topological polar surface area (TPSA) is 39.2 Å². The monoisotopic (exact) mass is 295 g/mol. The summed E-state index contributed by atoms with van der Waals surface area (Å²) in [4.78, 5) is 16.0. The number of para-hydroxylation sites is 1. The van der Waals surface area contributed by atoms with Gasteiger partial charge in [-0.2, -0.15) is 0 Å². The number of rotatable bonds is 3. The maximum absolute atomic E-state index is 11.5. The van der Waals surface area contributed by atoms with Gasteiger partial charge in [0.2, 0.25) is 0 Å². The van der Waals surface area contributed by atoms with Gasteiger partial charge >= 0.3 is 5.97 Å². The van der Waals surface area contributed by atoms with Gasteiger partial charge in [0, 0.05) is 17.7 Å². The van der Waals surface area contributed by atoms with Crippen LogP contribution in [0.1, 0.15) is 44.1 Å². The van der Waals surface area contributed by atoms with Crippen LogP contribution in [0.4, 0.5) is 0 Å². The van der Waals surface area contributed by atoms with Crippen LogP contribution < -0.4 is 0 Å². The molecule has 22 heavy (non-hydrogen) atoms. The maximum Gasteiger partial charge on any atom is 0.330 e. The lowest BCUT2D eigenvalue weighted by Crippen LogP contribution is -2.09. The molecule has 0 amide bonds. The van der Waals surface area contributed by atoms with E-state index < -0.39 is 0 Å². The molecular weight excluding hydrogens is 274 g/mol. The fourth-order valence-electron chi connectivity index (χ4n) is 3.27. The first-order chi connectivity index (χ1) is 10.8. The lowest BCUT2D eigenvalue weighted by atomic mass is 9.80. The van der Waals surface area contributed by atoms with Gasteiger partial charge < -0.3 is 4.74 Å². The summed E-state index contributed by atoms with van der Waals surface area (Å²) in [5.74, 6) is 0.345. The highest BCUT2D eigenvalue weighted by atomic mass is 16.5. The SMILES string of the molecule is CCOC(=O)C=C1CCC(c2ccnc3ccccc23)CC1. The quantitative estimate of drug-likeness (QED) is 0.623. The molecule has 1 fully saturated rings. The van der Waals surface area contributed by atoms with Crippen LogP contribution >= 0.6 is 0 Å². The summed E-state index contributed by atoms with van der Waals surface area (Å²) in [6.45, 7) is 2.27.